The van der Waals surface area contributed by atoms with Crippen LogP contribution in [0.5, 0.6) is 0 Å². The maximum Gasteiger partial charge on any atom is 0.235 e. The van der Waals surface area contributed by atoms with Crippen molar-refractivity contribution >= 4 is 67.0 Å². The Kier molecular flexibility index (Phi) is 6.17. The number of aromatic nitrogens is 2. The number of benzene rings is 8. The van der Waals surface area contributed by atoms with E-state index in [4.69, 9.17) is 14.4 Å². The molecule has 252 valence electrons. The molecule has 0 amide bonds. The number of rotatable bonds is 3. The van der Waals surface area contributed by atoms with Gasteiger partial charge in [0.05, 0.1) is 16.8 Å². The van der Waals surface area contributed by atoms with Crippen LogP contribution in [0.15, 0.2) is 185 Å². The summed E-state index contributed by atoms with van der Waals surface area (Å²) in [5, 5.41) is 6.63. The van der Waals surface area contributed by atoms with Gasteiger partial charge in [-0.1, -0.05) is 157 Å². The van der Waals surface area contributed by atoms with Crippen LogP contribution in [-0.2, 0) is 4.87 Å². The molecule has 54 heavy (non-hydrogen) atoms. The SMILES string of the molecule is c1ccc(-c2ccc3cc(-c4nc(N5c6cccc7cccc(c67)SC56c5ccccc5-c5ccccc56)nc5oc6ccccc6c45)ccc3c2)cc1. The Bertz CT molecular complexity index is 3120. The maximum atomic E-state index is 6.65. The second kappa shape index (κ2) is 11.2. The molecule has 0 radical (unpaired) electrons. The Morgan fingerprint density at radius 2 is 1.17 bits per heavy atom. The van der Waals surface area contributed by atoms with Gasteiger partial charge in [-0.3, -0.25) is 4.90 Å². The van der Waals surface area contributed by atoms with Crippen LogP contribution in [0, 0.1) is 0 Å². The Morgan fingerprint density at radius 1 is 0.500 bits per heavy atom. The number of anilines is 2. The van der Waals surface area contributed by atoms with Gasteiger partial charge in [0.15, 0.2) is 4.87 Å². The van der Waals surface area contributed by atoms with E-state index in [0.29, 0.717) is 11.7 Å². The first-order valence-corrected chi connectivity index (χ1v) is 19.1. The first kappa shape index (κ1) is 29.8. The lowest BCUT2D eigenvalue weighted by Crippen LogP contribution is -2.43. The molecule has 0 unspecified atom stereocenters. The third-order valence-electron chi connectivity index (χ3n) is 11.2. The molecule has 1 spiro atoms. The molecule has 8 aromatic carbocycles. The van der Waals surface area contributed by atoms with Crippen molar-refractivity contribution in [1.82, 2.24) is 9.97 Å². The molecular weight excluding hydrogens is 679 g/mol. The average Bonchev–Trinajstić information content (AvgIpc) is 3.74. The smallest absolute Gasteiger partial charge is 0.235 e. The fraction of sp³-hybridized carbons (Fsp3) is 0.0204. The zero-order chi connectivity index (χ0) is 35.4. The maximum absolute atomic E-state index is 6.65. The molecule has 0 saturated carbocycles. The van der Waals surface area contributed by atoms with Crippen molar-refractivity contribution in [2.45, 2.75) is 9.77 Å². The van der Waals surface area contributed by atoms with E-state index in [1.165, 1.54) is 54.4 Å². The molecule has 3 heterocycles. The Balaban J connectivity index is 1.16. The summed E-state index contributed by atoms with van der Waals surface area (Å²) >= 11 is 1.88. The van der Waals surface area contributed by atoms with Crippen LogP contribution in [0.25, 0.3) is 77.1 Å². The second-order valence-corrected chi connectivity index (χ2v) is 15.3. The van der Waals surface area contributed by atoms with E-state index in [1.807, 2.05) is 23.9 Å². The predicted molar refractivity (Wildman–Crippen MR) is 222 cm³/mol. The van der Waals surface area contributed by atoms with Crippen LogP contribution in [0.4, 0.5) is 11.6 Å². The van der Waals surface area contributed by atoms with Crippen LogP contribution >= 0.6 is 11.8 Å². The molecule has 2 aromatic heterocycles. The minimum absolute atomic E-state index is 0.571. The van der Waals surface area contributed by atoms with Gasteiger partial charge < -0.3 is 4.42 Å². The zero-order valence-electron chi connectivity index (χ0n) is 28.9. The van der Waals surface area contributed by atoms with Gasteiger partial charge in [-0.2, -0.15) is 4.98 Å². The van der Waals surface area contributed by atoms with Crippen molar-refractivity contribution in [2.75, 3.05) is 4.90 Å². The summed E-state index contributed by atoms with van der Waals surface area (Å²) in [5.41, 5.74) is 11.6. The van der Waals surface area contributed by atoms with Crippen LogP contribution < -0.4 is 4.90 Å². The summed E-state index contributed by atoms with van der Waals surface area (Å²) in [7, 11) is 0. The van der Waals surface area contributed by atoms with Crippen molar-refractivity contribution in [3.63, 3.8) is 0 Å². The van der Waals surface area contributed by atoms with Crippen LogP contribution in [0.3, 0.4) is 0 Å². The summed E-state index contributed by atoms with van der Waals surface area (Å²) < 4.78 is 6.65. The van der Waals surface area contributed by atoms with Crippen molar-refractivity contribution < 1.29 is 4.42 Å². The van der Waals surface area contributed by atoms with Crippen molar-refractivity contribution in [2.24, 2.45) is 0 Å². The number of furan rings is 1. The van der Waals surface area contributed by atoms with E-state index >= 15 is 0 Å². The Hall–Kier alpha value is -6.69. The highest BCUT2D eigenvalue weighted by atomic mass is 32.2. The standard InChI is InChI=1S/C49H29N3OS/c1-2-12-30(13-3-1)32-24-25-34-29-35(27-26-33(34)28-32)46-45-38-18-6-9-22-42(38)53-47(45)51-48(50-46)52-41-21-10-14-31-15-11-23-43(44(31)41)54-49(52)39-19-7-4-16-36(39)37-17-5-8-20-40(37)49/h1-29H. The van der Waals surface area contributed by atoms with Gasteiger partial charge in [0, 0.05) is 32.4 Å². The van der Waals surface area contributed by atoms with E-state index in [-0.39, 0.29) is 0 Å². The van der Waals surface area contributed by atoms with E-state index in [1.54, 1.807) is 0 Å². The predicted octanol–water partition coefficient (Wildman–Crippen LogP) is 13.1. The molecule has 1 aliphatic heterocycles. The molecule has 12 rings (SSSR count). The van der Waals surface area contributed by atoms with Gasteiger partial charge in [0.2, 0.25) is 11.7 Å². The van der Waals surface area contributed by atoms with E-state index in [9.17, 15) is 0 Å². The van der Waals surface area contributed by atoms with Gasteiger partial charge in [-0.25, -0.2) is 4.98 Å². The van der Waals surface area contributed by atoms with Crippen LogP contribution in [0.1, 0.15) is 11.1 Å². The largest absolute Gasteiger partial charge is 0.437 e. The highest BCUT2D eigenvalue weighted by Crippen LogP contribution is 2.65. The van der Waals surface area contributed by atoms with Crippen molar-refractivity contribution in [1.29, 1.82) is 0 Å². The van der Waals surface area contributed by atoms with E-state index in [2.05, 4.69) is 169 Å². The van der Waals surface area contributed by atoms with Crippen molar-refractivity contribution in [3.05, 3.63) is 187 Å². The minimum atomic E-state index is -0.677. The van der Waals surface area contributed by atoms with Gasteiger partial charge in [-0.05, 0) is 68.7 Å². The molecule has 5 heteroatoms. The summed E-state index contributed by atoms with van der Waals surface area (Å²) in [4.78, 5) is 14.0. The Labute approximate surface area is 315 Å². The normalized spacial score (nSPS) is 14.0. The molecule has 4 nitrogen and oxygen atoms in total. The Morgan fingerprint density at radius 3 is 1.96 bits per heavy atom. The molecular formula is C49H29N3OS. The molecule has 2 aliphatic rings. The number of hydrogen-bond acceptors (Lipinski definition) is 5. The molecule has 0 saturated heterocycles. The quantitative estimate of drug-likeness (QED) is 0.183. The van der Waals surface area contributed by atoms with Crippen molar-refractivity contribution in [3.8, 4) is 33.5 Å². The highest BCUT2D eigenvalue weighted by Gasteiger charge is 2.53. The number of hydrogen-bond donors (Lipinski definition) is 0. The fourth-order valence-corrected chi connectivity index (χ4v) is 10.5. The van der Waals surface area contributed by atoms with Gasteiger partial charge in [-0.15, -0.1) is 0 Å². The van der Waals surface area contributed by atoms with Crippen LogP contribution in [-0.4, -0.2) is 9.97 Å². The summed E-state index contributed by atoms with van der Waals surface area (Å²) in [6.07, 6.45) is 0. The second-order valence-electron chi connectivity index (χ2n) is 14.1. The summed E-state index contributed by atoms with van der Waals surface area (Å²) in [6.45, 7) is 0. The molecule has 0 bridgehead atoms. The lowest BCUT2D eigenvalue weighted by atomic mass is 9.98. The molecule has 0 fully saturated rings. The van der Waals surface area contributed by atoms with E-state index in [0.717, 1.165) is 38.7 Å². The molecule has 0 atom stereocenters. The minimum Gasteiger partial charge on any atom is -0.437 e. The lowest BCUT2D eigenvalue weighted by Gasteiger charge is -2.46. The van der Waals surface area contributed by atoms with Gasteiger partial charge in [0.1, 0.15) is 5.58 Å². The first-order valence-electron chi connectivity index (χ1n) is 18.2. The fourth-order valence-electron chi connectivity index (χ4n) is 8.83. The van der Waals surface area contributed by atoms with Crippen LogP contribution in [0.2, 0.25) is 0 Å². The molecule has 10 aromatic rings. The first-order chi connectivity index (χ1) is 26.7. The van der Waals surface area contributed by atoms with E-state index < -0.39 is 4.87 Å². The number of para-hydroxylation sites is 1. The monoisotopic (exact) mass is 707 g/mol. The number of thioether (sulfide) groups is 1. The van der Waals surface area contributed by atoms with Gasteiger partial charge >= 0.3 is 0 Å². The number of nitrogens with zero attached hydrogens (tertiary/aromatic N) is 3. The average molecular weight is 708 g/mol. The highest BCUT2D eigenvalue weighted by molar-refractivity contribution is 8.01. The topological polar surface area (TPSA) is 42.2 Å². The molecule has 0 N–H and O–H groups in total. The third-order valence-corrected chi connectivity index (χ3v) is 12.7. The molecule has 1 aliphatic carbocycles. The number of fused-ring (bicyclic) bond motifs is 9. The zero-order valence-corrected chi connectivity index (χ0v) is 29.7. The summed E-state index contributed by atoms with van der Waals surface area (Å²) in [6, 6.07) is 62.9. The third kappa shape index (κ3) is 4.10. The lowest BCUT2D eigenvalue weighted by molar-refractivity contribution is 0.649. The summed E-state index contributed by atoms with van der Waals surface area (Å²) in [5.74, 6) is 0.595. The van der Waals surface area contributed by atoms with Gasteiger partial charge in [0.25, 0.3) is 0 Å².